The second-order valence-electron chi connectivity index (χ2n) is 8.48. The molecule has 0 radical (unpaired) electrons. The third-order valence-corrected chi connectivity index (χ3v) is 8.16. The van der Waals surface area contributed by atoms with Crippen LogP contribution in [0.25, 0.3) is 0 Å². The summed E-state index contributed by atoms with van der Waals surface area (Å²) in [6.07, 6.45) is 8.33. The molecule has 1 amide bonds. The van der Waals surface area contributed by atoms with Crippen molar-refractivity contribution in [3.05, 3.63) is 32.6 Å². The highest BCUT2D eigenvalue weighted by molar-refractivity contribution is 7.16. The lowest BCUT2D eigenvalue weighted by molar-refractivity contribution is 0.103. The van der Waals surface area contributed by atoms with E-state index < -0.39 is 0 Å². The Balaban J connectivity index is 1.16. The van der Waals surface area contributed by atoms with E-state index in [-0.39, 0.29) is 5.91 Å². The molecule has 2 saturated carbocycles. The van der Waals surface area contributed by atoms with Crippen molar-refractivity contribution in [2.45, 2.75) is 70.0 Å². The summed E-state index contributed by atoms with van der Waals surface area (Å²) in [6, 6.07) is 4.28. The standard InChI is InChI=1S/C21H28N4OS2/c1-12-16(10-19(27-12)21(26)24-20-11-22-13(2)28-20)17-9-18(17)23-14-5-7-25(8-6-14)15-3-4-15/h10-11,14-15,17-18,23H,3-9H2,1-2H3,(H,24,26). The van der Waals surface area contributed by atoms with Crippen molar-refractivity contribution in [3.63, 3.8) is 0 Å². The van der Waals surface area contributed by atoms with Crippen LogP contribution in [0.4, 0.5) is 5.00 Å². The summed E-state index contributed by atoms with van der Waals surface area (Å²) in [4.78, 5) is 21.6. The number of hydrogen-bond donors (Lipinski definition) is 2. The number of rotatable bonds is 6. The predicted octanol–water partition coefficient (Wildman–Crippen LogP) is 4.15. The highest BCUT2D eigenvalue weighted by atomic mass is 32.1. The van der Waals surface area contributed by atoms with Gasteiger partial charge in [0, 0.05) is 28.9 Å². The zero-order chi connectivity index (χ0) is 19.3. The normalized spacial score (nSPS) is 25.8. The van der Waals surface area contributed by atoms with Crippen LogP contribution in [0.15, 0.2) is 12.3 Å². The van der Waals surface area contributed by atoms with Crippen LogP contribution in [0.5, 0.6) is 0 Å². The Morgan fingerprint density at radius 2 is 1.96 bits per heavy atom. The number of likely N-dealkylation sites (tertiary alicyclic amines) is 1. The lowest BCUT2D eigenvalue weighted by Crippen LogP contribution is -2.44. The predicted molar refractivity (Wildman–Crippen MR) is 116 cm³/mol. The molecule has 28 heavy (non-hydrogen) atoms. The molecule has 5 rings (SSSR count). The van der Waals surface area contributed by atoms with Crippen LogP contribution in [0, 0.1) is 13.8 Å². The maximum atomic E-state index is 12.6. The Labute approximate surface area is 174 Å². The van der Waals surface area contributed by atoms with Crippen molar-refractivity contribution >= 4 is 33.6 Å². The van der Waals surface area contributed by atoms with Crippen molar-refractivity contribution in [1.29, 1.82) is 0 Å². The maximum Gasteiger partial charge on any atom is 0.266 e. The van der Waals surface area contributed by atoms with Crippen molar-refractivity contribution in [2.24, 2.45) is 0 Å². The third-order valence-electron chi connectivity index (χ3n) is 6.27. The van der Waals surface area contributed by atoms with Gasteiger partial charge in [0.1, 0.15) is 5.00 Å². The molecule has 3 aliphatic rings. The summed E-state index contributed by atoms with van der Waals surface area (Å²) < 4.78 is 0. The van der Waals surface area contributed by atoms with E-state index in [1.807, 2.05) is 6.92 Å². The molecule has 7 heteroatoms. The first kappa shape index (κ1) is 18.7. The van der Waals surface area contributed by atoms with Crippen molar-refractivity contribution < 1.29 is 4.79 Å². The van der Waals surface area contributed by atoms with E-state index in [0.29, 0.717) is 18.0 Å². The number of hydrogen-bond acceptors (Lipinski definition) is 6. The molecule has 150 valence electrons. The van der Waals surface area contributed by atoms with Crippen molar-refractivity contribution in [3.8, 4) is 0 Å². The van der Waals surface area contributed by atoms with Gasteiger partial charge in [-0.3, -0.25) is 4.79 Å². The topological polar surface area (TPSA) is 57.3 Å². The average molecular weight is 417 g/mol. The molecular formula is C21H28N4OS2. The summed E-state index contributed by atoms with van der Waals surface area (Å²) in [6.45, 7) is 6.62. The van der Waals surface area contributed by atoms with E-state index in [4.69, 9.17) is 0 Å². The molecule has 1 saturated heterocycles. The molecule has 0 spiro atoms. The van der Waals surface area contributed by atoms with E-state index >= 15 is 0 Å². The maximum absolute atomic E-state index is 12.6. The number of carbonyl (C=O) groups excluding carboxylic acids is 1. The minimum atomic E-state index is -0.0133. The molecule has 1 aliphatic heterocycles. The summed E-state index contributed by atoms with van der Waals surface area (Å²) in [5.74, 6) is 0.561. The number of anilines is 1. The molecule has 2 aromatic rings. The minimum absolute atomic E-state index is 0.0133. The molecule has 0 bridgehead atoms. The van der Waals surface area contributed by atoms with Gasteiger partial charge < -0.3 is 15.5 Å². The number of amides is 1. The van der Waals surface area contributed by atoms with Crippen LogP contribution < -0.4 is 10.6 Å². The average Bonchev–Trinajstić information content (AvgIpc) is 3.58. The Morgan fingerprint density at radius 1 is 1.18 bits per heavy atom. The summed E-state index contributed by atoms with van der Waals surface area (Å²) in [5, 5.41) is 8.67. The number of nitrogens with zero attached hydrogens (tertiary/aromatic N) is 2. The molecule has 2 aliphatic carbocycles. The zero-order valence-corrected chi connectivity index (χ0v) is 18.2. The van der Waals surface area contributed by atoms with E-state index in [1.165, 1.54) is 67.0 Å². The lowest BCUT2D eigenvalue weighted by Gasteiger charge is -2.32. The Hall–Kier alpha value is -1.28. The smallest absolute Gasteiger partial charge is 0.266 e. The van der Waals surface area contributed by atoms with Gasteiger partial charge in [0.25, 0.3) is 5.91 Å². The van der Waals surface area contributed by atoms with Gasteiger partial charge >= 0.3 is 0 Å². The molecule has 2 N–H and O–H groups in total. The molecule has 2 unspecified atom stereocenters. The minimum Gasteiger partial charge on any atom is -0.312 e. The molecule has 3 heterocycles. The van der Waals surface area contributed by atoms with Crippen molar-refractivity contribution in [1.82, 2.24) is 15.2 Å². The summed E-state index contributed by atoms with van der Waals surface area (Å²) in [5.41, 5.74) is 1.36. The van der Waals surface area contributed by atoms with Gasteiger partial charge in [-0.15, -0.1) is 22.7 Å². The van der Waals surface area contributed by atoms with Crippen LogP contribution in [0.3, 0.4) is 0 Å². The number of thiazole rings is 1. The number of piperidine rings is 1. The molecular weight excluding hydrogens is 388 g/mol. The summed E-state index contributed by atoms with van der Waals surface area (Å²) in [7, 11) is 0. The van der Waals surface area contributed by atoms with E-state index in [2.05, 4.69) is 33.5 Å². The van der Waals surface area contributed by atoms with Crippen molar-refractivity contribution in [2.75, 3.05) is 18.4 Å². The van der Waals surface area contributed by atoms with E-state index in [1.54, 1.807) is 17.5 Å². The second-order valence-corrected chi connectivity index (χ2v) is 11.0. The van der Waals surface area contributed by atoms with E-state index in [9.17, 15) is 4.79 Å². The van der Waals surface area contributed by atoms with Crippen LogP contribution in [0.1, 0.15) is 63.1 Å². The molecule has 2 atom stereocenters. The van der Waals surface area contributed by atoms with Gasteiger partial charge in [-0.1, -0.05) is 0 Å². The van der Waals surface area contributed by atoms with Gasteiger partial charge in [-0.05, 0) is 70.7 Å². The molecule has 3 fully saturated rings. The monoisotopic (exact) mass is 416 g/mol. The van der Waals surface area contributed by atoms with Crippen LogP contribution >= 0.6 is 22.7 Å². The molecule has 0 aromatic carbocycles. The van der Waals surface area contributed by atoms with Gasteiger partial charge in [-0.25, -0.2) is 4.98 Å². The number of nitrogens with one attached hydrogen (secondary N) is 2. The SMILES string of the molecule is Cc1ncc(NC(=O)c2cc(C3CC3NC3CCN(C4CC4)CC3)c(C)s2)s1. The van der Waals surface area contributed by atoms with Gasteiger partial charge in [0.05, 0.1) is 16.1 Å². The summed E-state index contributed by atoms with van der Waals surface area (Å²) >= 11 is 3.13. The highest BCUT2D eigenvalue weighted by Crippen LogP contribution is 2.45. The first-order valence-corrected chi connectivity index (χ1v) is 12.0. The van der Waals surface area contributed by atoms with Gasteiger partial charge in [0.15, 0.2) is 0 Å². The Morgan fingerprint density at radius 3 is 2.64 bits per heavy atom. The first-order chi connectivity index (χ1) is 13.6. The fourth-order valence-electron chi connectivity index (χ4n) is 4.47. The second kappa shape index (κ2) is 7.52. The lowest BCUT2D eigenvalue weighted by atomic mass is 10.0. The molecule has 5 nitrogen and oxygen atoms in total. The third kappa shape index (κ3) is 4.03. The van der Waals surface area contributed by atoms with Crippen LogP contribution in [0.2, 0.25) is 0 Å². The zero-order valence-electron chi connectivity index (χ0n) is 16.5. The first-order valence-electron chi connectivity index (χ1n) is 10.4. The largest absolute Gasteiger partial charge is 0.312 e. The highest BCUT2D eigenvalue weighted by Gasteiger charge is 2.42. The Bertz CT molecular complexity index is 864. The number of thiophene rings is 1. The number of aromatic nitrogens is 1. The van der Waals surface area contributed by atoms with Crippen LogP contribution in [-0.4, -0.2) is 47.0 Å². The number of aryl methyl sites for hydroxylation is 2. The molecule has 2 aromatic heterocycles. The van der Waals surface area contributed by atoms with Crippen LogP contribution in [-0.2, 0) is 0 Å². The Kier molecular flexibility index (Phi) is 5.03. The van der Waals surface area contributed by atoms with Gasteiger partial charge in [0.2, 0.25) is 0 Å². The quantitative estimate of drug-likeness (QED) is 0.743. The fraction of sp³-hybridized carbons (Fsp3) is 0.619. The fourth-order valence-corrected chi connectivity index (χ4v) is 6.13. The number of carbonyl (C=O) groups is 1. The van der Waals surface area contributed by atoms with E-state index in [0.717, 1.165) is 20.9 Å². The van der Waals surface area contributed by atoms with Gasteiger partial charge in [-0.2, -0.15) is 0 Å².